The molecule has 28 heavy (non-hydrogen) atoms. The van der Waals surface area contributed by atoms with Gasteiger partial charge in [-0.05, 0) is 44.0 Å². The average molecular weight is 408 g/mol. The monoisotopic (exact) mass is 408 g/mol. The van der Waals surface area contributed by atoms with Crippen molar-refractivity contribution in [3.05, 3.63) is 24.3 Å². The number of carbonyl (C=O) groups is 2. The van der Waals surface area contributed by atoms with Crippen LogP contribution in [0.2, 0.25) is 0 Å². The van der Waals surface area contributed by atoms with E-state index < -0.39 is 26.9 Å². The molecule has 2 rings (SSSR count). The molecule has 1 aliphatic heterocycles. The molecular weight excluding hydrogens is 384 g/mol. The van der Waals surface area contributed by atoms with Gasteiger partial charge in [-0.15, -0.1) is 5.92 Å². The standard InChI is InChI=1S/C19H24N2O6S/c1-3-4-13-27-16-5-7-17(8-6-16)28(25,26)14-19(18(23)20-24)9-11-21(12-10-19)15(2)22/h5-8,24H,9-14H2,1-2H3,(H,20,23). The first-order valence-electron chi connectivity index (χ1n) is 8.79. The highest BCUT2D eigenvalue weighted by molar-refractivity contribution is 7.91. The maximum Gasteiger partial charge on any atom is 0.250 e. The fourth-order valence-corrected chi connectivity index (χ4v) is 5.05. The topological polar surface area (TPSA) is 113 Å². The lowest BCUT2D eigenvalue weighted by atomic mass is 9.79. The van der Waals surface area contributed by atoms with E-state index in [1.54, 1.807) is 17.3 Å². The van der Waals surface area contributed by atoms with Gasteiger partial charge >= 0.3 is 0 Å². The van der Waals surface area contributed by atoms with Crippen LogP contribution in [-0.4, -0.2) is 55.8 Å². The zero-order chi connectivity index (χ0) is 20.8. The molecular formula is C19H24N2O6S. The van der Waals surface area contributed by atoms with Crippen LogP contribution in [0.15, 0.2) is 29.2 Å². The number of rotatable bonds is 6. The van der Waals surface area contributed by atoms with Crippen molar-refractivity contribution >= 4 is 21.7 Å². The van der Waals surface area contributed by atoms with Crippen LogP contribution in [0.1, 0.15) is 26.7 Å². The summed E-state index contributed by atoms with van der Waals surface area (Å²) in [7, 11) is -3.81. The SMILES string of the molecule is CC#CCOc1ccc(S(=O)(=O)CC2(C(=O)NO)CCN(C(C)=O)CC2)cc1. The van der Waals surface area contributed by atoms with Gasteiger partial charge in [-0.2, -0.15) is 0 Å². The van der Waals surface area contributed by atoms with Gasteiger partial charge < -0.3 is 9.64 Å². The summed E-state index contributed by atoms with van der Waals surface area (Å²) in [4.78, 5) is 25.4. The molecule has 1 saturated heterocycles. The number of amides is 2. The minimum atomic E-state index is -3.81. The molecule has 1 fully saturated rings. The van der Waals surface area contributed by atoms with E-state index in [0.717, 1.165) is 0 Å². The van der Waals surface area contributed by atoms with Crippen molar-refractivity contribution in [1.29, 1.82) is 0 Å². The fourth-order valence-electron chi connectivity index (χ4n) is 3.19. The molecule has 0 atom stereocenters. The summed E-state index contributed by atoms with van der Waals surface area (Å²) in [6.07, 6.45) is 0.296. The Balaban J connectivity index is 2.19. The zero-order valence-corrected chi connectivity index (χ0v) is 16.7. The fraction of sp³-hybridized carbons (Fsp3) is 0.474. The van der Waals surface area contributed by atoms with E-state index in [1.165, 1.54) is 31.2 Å². The number of piperidine rings is 1. The molecule has 2 N–H and O–H groups in total. The molecule has 0 saturated carbocycles. The quantitative estimate of drug-likeness (QED) is 0.412. The van der Waals surface area contributed by atoms with Crippen LogP contribution in [0.25, 0.3) is 0 Å². The van der Waals surface area contributed by atoms with Gasteiger partial charge in [-0.25, -0.2) is 13.9 Å². The molecule has 0 unspecified atom stereocenters. The molecule has 8 nitrogen and oxygen atoms in total. The summed E-state index contributed by atoms with van der Waals surface area (Å²) >= 11 is 0. The highest BCUT2D eigenvalue weighted by Gasteiger charge is 2.45. The highest BCUT2D eigenvalue weighted by Crippen LogP contribution is 2.35. The van der Waals surface area contributed by atoms with Crippen LogP contribution >= 0.6 is 0 Å². The van der Waals surface area contributed by atoms with E-state index >= 15 is 0 Å². The Morgan fingerprint density at radius 3 is 2.36 bits per heavy atom. The molecule has 0 spiro atoms. The van der Waals surface area contributed by atoms with E-state index in [4.69, 9.17) is 9.94 Å². The van der Waals surface area contributed by atoms with Crippen molar-refractivity contribution in [2.24, 2.45) is 5.41 Å². The Morgan fingerprint density at radius 2 is 1.86 bits per heavy atom. The first kappa shape index (κ1) is 21.7. The third-order valence-corrected chi connectivity index (χ3v) is 6.81. The summed E-state index contributed by atoms with van der Waals surface area (Å²) in [5.41, 5.74) is 0.292. The lowest BCUT2D eigenvalue weighted by Gasteiger charge is -2.39. The second-order valence-electron chi connectivity index (χ2n) is 6.67. The number of likely N-dealkylation sites (tertiary alicyclic amines) is 1. The van der Waals surface area contributed by atoms with Gasteiger partial charge in [0, 0.05) is 20.0 Å². The maximum absolute atomic E-state index is 12.9. The molecule has 9 heteroatoms. The van der Waals surface area contributed by atoms with E-state index in [9.17, 15) is 18.0 Å². The second-order valence-corrected chi connectivity index (χ2v) is 8.66. The number of nitrogens with one attached hydrogen (secondary N) is 1. The Hall–Kier alpha value is -2.57. The normalized spacial score (nSPS) is 15.9. The van der Waals surface area contributed by atoms with E-state index in [0.29, 0.717) is 5.75 Å². The molecule has 0 aliphatic carbocycles. The lowest BCUT2D eigenvalue weighted by Crippen LogP contribution is -2.52. The van der Waals surface area contributed by atoms with Crippen LogP contribution in [-0.2, 0) is 19.4 Å². The summed E-state index contributed by atoms with van der Waals surface area (Å²) in [5.74, 6) is 4.58. The number of nitrogens with zero attached hydrogens (tertiary/aromatic N) is 1. The molecule has 152 valence electrons. The third-order valence-electron chi connectivity index (χ3n) is 4.89. The number of hydroxylamine groups is 1. The molecule has 2 amide bonds. The van der Waals surface area contributed by atoms with Gasteiger partial charge in [-0.3, -0.25) is 14.8 Å². The van der Waals surface area contributed by atoms with Crippen molar-refractivity contribution in [2.75, 3.05) is 25.4 Å². The Labute approximate surface area is 164 Å². The van der Waals surface area contributed by atoms with Crippen molar-refractivity contribution in [2.45, 2.75) is 31.6 Å². The number of benzene rings is 1. The molecule has 1 aromatic rings. The Bertz CT molecular complexity index is 875. The largest absolute Gasteiger partial charge is 0.481 e. The smallest absolute Gasteiger partial charge is 0.250 e. The predicted molar refractivity (Wildman–Crippen MR) is 101 cm³/mol. The number of ether oxygens (including phenoxy) is 1. The van der Waals surface area contributed by atoms with E-state index in [-0.39, 0.29) is 43.3 Å². The van der Waals surface area contributed by atoms with Gasteiger partial charge in [0.15, 0.2) is 9.84 Å². The Kier molecular flexibility index (Phi) is 7.05. The molecule has 1 heterocycles. The van der Waals surface area contributed by atoms with Crippen LogP contribution in [0, 0.1) is 17.3 Å². The van der Waals surface area contributed by atoms with Crippen LogP contribution in [0.4, 0.5) is 0 Å². The van der Waals surface area contributed by atoms with Gasteiger partial charge in [-0.1, -0.05) is 5.92 Å². The average Bonchev–Trinajstić information content (AvgIpc) is 2.68. The van der Waals surface area contributed by atoms with Gasteiger partial charge in [0.2, 0.25) is 5.91 Å². The summed E-state index contributed by atoms with van der Waals surface area (Å²) in [6, 6.07) is 5.89. The molecule has 0 radical (unpaired) electrons. The minimum absolute atomic E-state index is 0.0561. The van der Waals surface area contributed by atoms with E-state index in [1.807, 2.05) is 0 Å². The molecule has 1 aromatic carbocycles. The summed E-state index contributed by atoms with van der Waals surface area (Å²) < 4.78 is 31.2. The van der Waals surface area contributed by atoms with Crippen molar-refractivity contribution < 1.29 is 28.0 Å². The van der Waals surface area contributed by atoms with Crippen LogP contribution in [0.5, 0.6) is 5.75 Å². The van der Waals surface area contributed by atoms with Gasteiger partial charge in [0.1, 0.15) is 12.4 Å². The van der Waals surface area contributed by atoms with Crippen LogP contribution < -0.4 is 10.2 Å². The lowest BCUT2D eigenvalue weighted by molar-refractivity contribution is -0.144. The maximum atomic E-state index is 12.9. The molecule has 1 aliphatic rings. The molecule has 0 bridgehead atoms. The van der Waals surface area contributed by atoms with Crippen molar-refractivity contribution in [3.63, 3.8) is 0 Å². The second kappa shape index (κ2) is 9.08. The Morgan fingerprint density at radius 1 is 1.25 bits per heavy atom. The number of hydrogen-bond acceptors (Lipinski definition) is 6. The van der Waals surface area contributed by atoms with E-state index in [2.05, 4.69) is 11.8 Å². The summed E-state index contributed by atoms with van der Waals surface area (Å²) in [6.45, 7) is 3.83. The highest BCUT2D eigenvalue weighted by atomic mass is 32.2. The van der Waals surface area contributed by atoms with Crippen molar-refractivity contribution in [1.82, 2.24) is 10.4 Å². The van der Waals surface area contributed by atoms with Crippen molar-refractivity contribution in [3.8, 4) is 17.6 Å². The molecule has 0 aromatic heterocycles. The predicted octanol–water partition coefficient (Wildman–Crippen LogP) is 0.996. The number of carbonyl (C=O) groups excluding carboxylic acids is 2. The first-order chi connectivity index (χ1) is 13.2. The third kappa shape index (κ3) is 5.03. The zero-order valence-electron chi connectivity index (χ0n) is 15.9. The van der Waals surface area contributed by atoms with Crippen LogP contribution in [0.3, 0.4) is 0 Å². The summed E-state index contributed by atoms with van der Waals surface area (Å²) in [5, 5.41) is 9.13. The van der Waals surface area contributed by atoms with Gasteiger partial charge in [0.05, 0.1) is 16.1 Å². The van der Waals surface area contributed by atoms with Gasteiger partial charge in [0.25, 0.3) is 5.91 Å². The number of sulfone groups is 1. The number of hydrogen-bond donors (Lipinski definition) is 2. The minimum Gasteiger partial charge on any atom is -0.481 e. The first-order valence-corrected chi connectivity index (χ1v) is 10.4.